The van der Waals surface area contributed by atoms with E-state index in [1.165, 1.54) is 64.6 Å². The zero-order valence-corrected chi connectivity index (χ0v) is 14.1. The highest BCUT2D eigenvalue weighted by Gasteiger charge is 2.35. The van der Waals surface area contributed by atoms with E-state index in [2.05, 4.69) is 23.6 Å². The topological polar surface area (TPSA) is 15.7 Å². The monoisotopic (exact) mass is 294 g/mol. The SMILES string of the molecule is CC(C)C1CN2CCCCC2CN1CCOC1CCCC1. The summed E-state index contributed by atoms with van der Waals surface area (Å²) >= 11 is 0. The molecule has 0 amide bonds. The van der Waals surface area contributed by atoms with Gasteiger partial charge in [-0.2, -0.15) is 0 Å². The molecule has 0 aromatic rings. The molecule has 2 unspecified atom stereocenters. The van der Waals surface area contributed by atoms with Crippen LogP contribution in [-0.2, 0) is 4.74 Å². The van der Waals surface area contributed by atoms with Crippen LogP contribution in [0.4, 0.5) is 0 Å². The largest absolute Gasteiger partial charge is 0.377 e. The summed E-state index contributed by atoms with van der Waals surface area (Å²) < 4.78 is 6.11. The van der Waals surface area contributed by atoms with Crippen molar-refractivity contribution in [1.29, 1.82) is 0 Å². The van der Waals surface area contributed by atoms with Gasteiger partial charge in [-0.05, 0) is 38.1 Å². The minimum absolute atomic E-state index is 0.568. The number of nitrogens with zero attached hydrogens (tertiary/aromatic N) is 2. The normalized spacial score (nSPS) is 32.7. The molecule has 1 aliphatic carbocycles. The van der Waals surface area contributed by atoms with Crippen LogP contribution in [0.15, 0.2) is 0 Å². The Labute approximate surface area is 131 Å². The van der Waals surface area contributed by atoms with Crippen molar-refractivity contribution in [2.45, 2.75) is 77.0 Å². The standard InChI is InChI=1S/C18H34N2O/c1-15(2)18-14-19-10-6-5-7-16(19)13-20(18)11-12-21-17-8-3-4-9-17/h15-18H,3-14H2,1-2H3. The van der Waals surface area contributed by atoms with E-state index in [1.54, 1.807) is 0 Å². The molecular formula is C18H34N2O. The number of hydrogen-bond donors (Lipinski definition) is 0. The Kier molecular flexibility index (Phi) is 5.58. The molecule has 2 aliphatic heterocycles. The Bertz CT molecular complexity index is 314. The second-order valence-corrected chi connectivity index (χ2v) is 7.73. The van der Waals surface area contributed by atoms with E-state index in [0.29, 0.717) is 6.10 Å². The van der Waals surface area contributed by atoms with Crippen molar-refractivity contribution < 1.29 is 4.74 Å². The fourth-order valence-electron chi connectivity index (χ4n) is 4.55. The fourth-order valence-corrected chi connectivity index (χ4v) is 4.55. The molecule has 3 rings (SSSR count). The third kappa shape index (κ3) is 4.00. The van der Waals surface area contributed by atoms with Crippen LogP contribution >= 0.6 is 0 Å². The van der Waals surface area contributed by atoms with Gasteiger partial charge in [0.05, 0.1) is 12.7 Å². The van der Waals surface area contributed by atoms with Gasteiger partial charge in [0, 0.05) is 31.7 Å². The lowest BCUT2D eigenvalue weighted by atomic mass is 9.92. The Hall–Kier alpha value is -0.120. The first kappa shape index (κ1) is 15.8. The van der Waals surface area contributed by atoms with Crippen molar-refractivity contribution in [2.75, 3.05) is 32.8 Å². The summed E-state index contributed by atoms with van der Waals surface area (Å²) in [6.07, 6.45) is 10.2. The zero-order chi connectivity index (χ0) is 14.7. The zero-order valence-electron chi connectivity index (χ0n) is 14.1. The fraction of sp³-hybridized carbons (Fsp3) is 1.00. The average molecular weight is 294 g/mol. The van der Waals surface area contributed by atoms with Crippen LogP contribution in [0, 0.1) is 5.92 Å². The predicted octanol–water partition coefficient (Wildman–Crippen LogP) is 3.14. The van der Waals surface area contributed by atoms with Crippen LogP contribution in [0.5, 0.6) is 0 Å². The number of ether oxygens (including phenoxy) is 1. The molecule has 3 aliphatic rings. The van der Waals surface area contributed by atoms with Crippen LogP contribution in [0.2, 0.25) is 0 Å². The molecule has 1 saturated carbocycles. The first-order chi connectivity index (χ1) is 10.2. The van der Waals surface area contributed by atoms with E-state index in [0.717, 1.165) is 31.2 Å². The smallest absolute Gasteiger partial charge is 0.0597 e. The summed E-state index contributed by atoms with van der Waals surface area (Å²) in [6.45, 7) is 10.8. The molecule has 0 bridgehead atoms. The molecule has 0 radical (unpaired) electrons. The number of piperazine rings is 1. The number of hydrogen-bond acceptors (Lipinski definition) is 3. The molecule has 3 nitrogen and oxygen atoms in total. The average Bonchev–Trinajstić information content (AvgIpc) is 2.99. The van der Waals surface area contributed by atoms with Gasteiger partial charge in [0.2, 0.25) is 0 Å². The molecule has 2 atom stereocenters. The van der Waals surface area contributed by atoms with E-state index < -0.39 is 0 Å². The second-order valence-electron chi connectivity index (χ2n) is 7.73. The van der Waals surface area contributed by atoms with Crippen LogP contribution in [0.1, 0.15) is 58.8 Å². The Morgan fingerprint density at radius 1 is 1.00 bits per heavy atom. The predicted molar refractivity (Wildman–Crippen MR) is 87.6 cm³/mol. The van der Waals surface area contributed by atoms with Crippen LogP contribution < -0.4 is 0 Å². The number of rotatable bonds is 5. The highest BCUT2D eigenvalue weighted by molar-refractivity contribution is 4.91. The van der Waals surface area contributed by atoms with Gasteiger partial charge in [0.1, 0.15) is 0 Å². The lowest BCUT2D eigenvalue weighted by Crippen LogP contribution is -2.61. The molecule has 0 N–H and O–H groups in total. The van der Waals surface area contributed by atoms with Gasteiger partial charge in [-0.25, -0.2) is 0 Å². The number of piperidine rings is 1. The highest BCUT2D eigenvalue weighted by Crippen LogP contribution is 2.27. The van der Waals surface area contributed by atoms with Crippen molar-refractivity contribution >= 4 is 0 Å². The summed E-state index contributed by atoms with van der Waals surface area (Å²) in [5.74, 6) is 0.749. The van der Waals surface area contributed by atoms with Crippen LogP contribution in [0.25, 0.3) is 0 Å². The lowest BCUT2D eigenvalue weighted by Gasteiger charge is -2.50. The molecule has 2 heterocycles. The molecule has 21 heavy (non-hydrogen) atoms. The van der Waals surface area contributed by atoms with Crippen LogP contribution in [-0.4, -0.2) is 60.8 Å². The minimum Gasteiger partial charge on any atom is -0.377 e. The second kappa shape index (κ2) is 7.43. The Balaban J connectivity index is 1.50. The van der Waals surface area contributed by atoms with Gasteiger partial charge in [-0.15, -0.1) is 0 Å². The van der Waals surface area contributed by atoms with Crippen molar-refractivity contribution in [2.24, 2.45) is 5.92 Å². The molecule has 3 fully saturated rings. The maximum absolute atomic E-state index is 6.11. The van der Waals surface area contributed by atoms with Gasteiger partial charge in [-0.3, -0.25) is 9.80 Å². The van der Waals surface area contributed by atoms with E-state index in [4.69, 9.17) is 4.74 Å². The summed E-state index contributed by atoms with van der Waals surface area (Å²) in [5, 5.41) is 0. The van der Waals surface area contributed by atoms with Crippen molar-refractivity contribution in [3.8, 4) is 0 Å². The van der Waals surface area contributed by atoms with E-state index in [-0.39, 0.29) is 0 Å². The van der Waals surface area contributed by atoms with Gasteiger partial charge in [-0.1, -0.05) is 33.1 Å². The summed E-state index contributed by atoms with van der Waals surface area (Å²) in [6, 6.07) is 1.55. The molecule has 2 saturated heterocycles. The Morgan fingerprint density at radius 3 is 2.52 bits per heavy atom. The van der Waals surface area contributed by atoms with Crippen molar-refractivity contribution in [1.82, 2.24) is 9.80 Å². The highest BCUT2D eigenvalue weighted by atomic mass is 16.5. The Morgan fingerprint density at radius 2 is 1.76 bits per heavy atom. The van der Waals surface area contributed by atoms with Gasteiger partial charge in [0.25, 0.3) is 0 Å². The van der Waals surface area contributed by atoms with E-state index in [9.17, 15) is 0 Å². The quantitative estimate of drug-likeness (QED) is 0.775. The van der Waals surface area contributed by atoms with Crippen molar-refractivity contribution in [3.05, 3.63) is 0 Å². The summed E-state index contributed by atoms with van der Waals surface area (Å²) in [4.78, 5) is 5.51. The summed E-state index contributed by atoms with van der Waals surface area (Å²) in [7, 11) is 0. The van der Waals surface area contributed by atoms with Crippen LogP contribution in [0.3, 0.4) is 0 Å². The molecule has 0 aromatic carbocycles. The molecule has 3 heteroatoms. The van der Waals surface area contributed by atoms with Gasteiger partial charge >= 0.3 is 0 Å². The maximum atomic E-state index is 6.11. The third-order valence-electron chi connectivity index (χ3n) is 5.89. The molecule has 0 spiro atoms. The van der Waals surface area contributed by atoms with Gasteiger partial charge in [0.15, 0.2) is 0 Å². The first-order valence-corrected chi connectivity index (χ1v) is 9.33. The lowest BCUT2D eigenvalue weighted by molar-refractivity contribution is -0.0303. The van der Waals surface area contributed by atoms with Gasteiger partial charge < -0.3 is 4.74 Å². The van der Waals surface area contributed by atoms with E-state index in [1.807, 2.05) is 0 Å². The summed E-state index contributed by atoms with van der Waals surface area (Å²) in [5.41, 5.74) is 0. The molecule has 122 valence electrons. The minimum atomic E-state index is 0.568. The van der Waals surface area contributed by atoms with E-state index >= 15 is 0 Å². The first-order valence-electron chi connectivity index (χ1n) is 9.33. The van der Waals surface area contributed by atoms with Crippen molar-refractivity contribution in [3.63, 3.8) is 0 Å². The molecule has 0 aromatic heterocycles. The number of fused-ring (bicyclic) bond motifs is 1. The molecular weight excluding hydrogens is 260 g/mol. The third-order valence-corrected chi connectivity index (χ3v) is 5.89. The maximum Gasteiger partial charge on any atom is 0.0597 e.